The highest BCUT2D eigenvalue weighted by molar-refractivity contribution is 5.99. The smallest absolute Gasteiger partial charge is 0.222 e. The Morgan fingerprint density at radius 2 is 1.86 bits per heavy atom. The summed E-state index contributed by atoms with van der Waals surface area (Å²) in [5.74, 6) is 0.143. The van der Waals surface area contributed by atoms with Crippen molar-refractivity contribution in [3.63, 3.8) is 0 Å². The van der Waals surface area contributed by atoms with Gasteiger partial charge in [-0.25, -0.2) is 0 Å². The third-order valence-electron chi connectivity index (χ3n) is 4.45. The van der Waals surface area contributed by atoms with Crippen molar-refractivity contribution in [2.45, 2.75) is 46.5 Å². The van der Waals surface area contributed by atoms with E-state index in [1.165, 1.54) is 5.56 Å². The molecule has 1 aromatic rings. The van der Waals surface area contributed by atoms with E-state index in [1.54, 1.807) is 4.90 Å². The number of carbonyl (C=O) groups excluding carboxylic acids is 2. The second-order valence-electron chi connectivity index (χ2n) is 6.70. The monoisotopic (exact) mass is 287 g/mol. The van der Waals surface area contributed by atoms with Crippen LogP contribution in [0.4, 0.5) is 0 Å². The maximum Gasteiger partial charge on any atom is 0.222 e. The average molecular weight is 287 g/mol. The maximum atomic E-state index is 12.3. The summed E-state index contributed by atoms with van der Waals surface area (Å²) in [5, 5.41) is 0. The van der Waals surface area contributed by atoms with Gasteiger partial charge in [0.2, 0.25) is 5.91 Å². The van der Waals surface area contributed by atoms with Crippen LogP contribution < -0.4 is 0 Å². The predicted octanol–water partition coefficient (Wildman–Crippen LogP) is 3.47. The molecule has 2 rings (SSSR count). The Morgan fingerprint density at radius 3 is 2.48 bits per heavy atom. The first kappa shape index (κ1) is 15.7. The molecule has 1 aliphatic heterocycles. The lowest BCUT2D eigenvalue weighted by Gasteiger charge is -2.23. The molecule has 0 aliphatic carbocycles. The van der Waals surface area contributed by atoms with Gasteiger partial charge in [0.05, 0.1) is 6.54 Å². The normalized spacial score (nSPS) is 18.4. The zero-order chi connectivity index (χ0) is 15.5. The van der Waals surface area contributed by atoms with Crippen molar-refractivity contribution in [1.82, 2.24) is 4.90 Å². The number of nitrogens with zero attached hydrogens (tertiary/aromatic N) is 1. The van der Waals surface area contributed by atoms with Crippen LogP contribution in [-0.2, 0) is 11.2 Å². The number of amides is 1. The number of hydrogen-bond donors (Lipinski definition) is 0. The number of Topliss-reactive ketones (excluding diaryl/α,β-unsaturated/α-hetero) is 1. The Kier molecular flexibility index (Phi) is 4.81. The Hall–Kier alpha value is -1.64. The molecule has 0 bridgehead atoms. The standard InChI is InChI=1S/C18H25NO2/c1-4-14-5-7-15(8-6-14)16(20)13-19-12-11-18(2,3)10-9-17(19)21/h5-8H,4,9-13H2,1-3H3. The van der Waals surface area contributed by atoms with E-state index >= 15 is 0 Å². The summed E-state index contributed by atoms with van der Waals surface area (Å²) in [6, 6.07) is 7.71. The van der Waals surface area contributed by atoms with E-state index in [1.807, 2.05) is 24.3 Å². The summed E-state index contributed by atoms with van der Waals surface area (Å²) >= 11 is 0. The molecule has 1 fully saturated rings. The highest BCUT2D eigenvalue weighted by atomic mass is 16.2. The Labute approximate surface area is 127 Å². The molecule has 1 aliphatic rings. The molecule has 1 amide bonds. The van der Waals surface area contributed by atoms with Crippen molar-refractivity contribution in [1.29, 1.82) is 0 Å². The molecule has 0 spiro atoms. The molecule has 0 atom stereocenters. The van der Waals surface area contributed by atoms with E-state index in [2.05, 4.69) is 20.8 Å². The van der Waals surface area contributed by atoms with Gasteiger partial charge in [-0.05, 0) is 30.2 Å². The van der Waals surface area contributed by atoms with E-state index in [0.29, 0.717) is 18.5 Å². The van der Waals surface area contributed by atoms with Crippen molar-refractivity contribution in [2.24, 2.45) is 5.41 Å². The van der Waals surface area contributed by atoms with Gasteiger partial charge in [-0.15, -0.1) is 0 Å². The zero-order valence-electron chi connectivity index (χ0n) is 13.3. The summed E-state index contributed by atoms with van der Waals surface area (Å²) < 4.78 is 0. The molecule has 3 heteroatoms. The van der Waals surface area contributed by atoms with Crippen LogP contribution in [0.1, 0.15) is 56.0 Å². The topological polar surface area (TPSA) is 37.4 Å². The van der Waals surface area contributed by atoms with Gasteiger partial charge in [-0.3, -0.25) is 9.59 Å². The fourth-order valence-electron chi connectivity index (χ4n) is 2.65. The van der Waals surface area contributed by atoms with Crippen LogP contribution in [0.15, 0.2) is 24.3 Å². The third-order valence-corrected chi connectivity index (χ3v) is 4.45. The summed E-state index contributed by atoms with van der Waals surface area (Å²) in [7, 11) is 0. The lowest BCUT2D eigenvalue weighted by molar-refractivity contribution is -0.130. The minimum Gasteiger partial charge on any atom is -0.335 e. The average Bonchev–Trinajstić information content (AvgIpc) is 2.60. The van der Waals surface area contributed by atoms with Crippen LogP contribution in [-0.4, -0.2) is 29.7 Å². The fraction of sp³-hybridized carbons (Fsp3) is 0.556. The second-order valence-corrected chi connectivity index (χ2v) is 6.70. The molecule has 0 unspecified atom stereocenters. The van der Waals surface area contributed by atoms with Crippen LogP contribution in [0.2, 0.25) is 0 Å². The molecule has 0 aromatic heterocycles. The zero-order valence-corrected chi connectivity index (χ0v) is 13.3. The van der Waals surface area contributed by atoms with Crippen molar-refractivity contribution in [3.8, 4) is 0 Å². The quantitative estimate of drug-likeness (QED) is 0.795. The summed E-state index contributed by atoms with van der Waals surface area (Å²) in [4.78, 5) is 26.2. The van der Waals surface area contributed by atoms with E-state index in [9.17, 15) is 9.59 Å². The Morgan fingerprint density at radius 1 is 1.19 bits per heavy atom. The van der Waals surface area contributed by atoms with Crippen LogP contribution >= 0.6 is 0 Å². The number of benzene rings is 1. The number of likely N-dealkylation sites (tertiary alicyclic amines) is 1. The molecular formula is C18H25NO2. The number of hydrogen-bond acceptors (Lipinski definition) is 2. The number of aryl methyl sites for hydroxylation is 1. The van der Waals surface area contributed by atoms with Crippen LogP contribution in [0.25, 0.3) is 0 Å². The maximum absolute atomic E-state index is 12.3. The van der Waals surface area contributed by atoms with Gasteiger partial charge in [0.1, 0.15) is 0 Å². The Balaban J connectivity index is 2.02. The van der Waals surface area contributed by atoms with Gasteiger partial charge in [0.25, 0.3) is 0 Å². The first-order valence-corrected chi connectivity index (χ1v) is 7.81. The minimum absolute atomic E-state index is 0.0331. The molecule has 21 heavy (non-hydrogen) atoms. The van der Waals surface area contributed by atoms with Crippen molar-refractivity contribution in [2.75, 3.05) is 13.1 Å². The van der Waals surface area contributed by atoms with Crippen LogP contribution in [0.3, 0.4) is 0 Å². The molecule has 1 saturated heterocycles. The largest absolute Gasteiger partial charge is 0.335 e. The second kappa shape index (κ2) is 6.42. The van der Waals surface area contributed by atoms with Gasteiger partial charge in [-0.1, -0.05) is 45.0 Å². The fourth-order valence-corrected chi connectivity index (χ4v) is 2.65. The molecular weight excluding hydrogens is 262 g/mol. The summed E-state index contributed by atoms with van der Waals surface area (Å²) in [6.45, 7) is 7.36. The van der Waals surface area contributed by atoms with Gasteiger partial charge < -0.3 is 4.90 Å². The van der Waals surface area contributed by atoms with E-state index in [0.717, 1.165) is 19.3 Å². The van der Waals surface area contributed by atoms with E-state index < -0.39 is 0 Å². The molecule has 1 aromatic carbocycles. The van der Waals surface area contributed by atoms with Gasteiger partial charge in [-0.2, -0.15) is 0 Å². The van der Waals surface area contributed by atoms with E-state index in [4.69, 9.17) is 0 Å². The molecule has 0 N–H and O–H groups in total. The highest BCUT2D eigenvalue weighted by Gasteiger charge is 2.28. The van der Waals surface area contributed by atoms with Crippen LogP contribution in [0, 0.1) is 5.41 Å². The SMILES string of the molecule is CCc1ccc(C(=O)CN2CCC(C)(C)CCC2=O)cc1. The molecule has 0 saturated carbocycles. The number of carbonyl (C=O) groups is 2. The molecule has 3 nitrogen and oxygen atoms in total. The summed E-state index contributed by atoms with van der Waals surface area (Å²) in [5.41, 5.74) is 2.11. The molecule has 1 heterocycles. The number of ketones is 1. The van der Waals surface area contributed by atoms with E-state index in [-0.39, 0.29) is 23.7 Å². The van der Waals surface area contributed by atoms with Gasteiger partial charge in [0, 0.05) is 18.5 Å². The minimum atomic E-state index is 0.0331. The van der Waals surface area contributed by atoms with Crippen molar-refractivity contribution >= 4 is 11.7 Å². The third kappa shape index (κ3) is 4.16. The predicted molar refractivity (Wildman–Crippen MR) is 84.4 cm³/mol. The number of rotatable bonds is 4. The lowest BCUT2D eigenvalue weighted by atomic mass is 9.85. The molecule has 0 radical (unpaired) electrons. The van der Waals surface area contributed by atoms with Gasteiger partial charge in [0.15, 0.2) is 5.78 Å². The van der Waals surface area contributed by atoms with Crippen molar-refractivity contribution < 1.29 is 9.59 Å². The first-order chi connectivity index (χ1) is 9.91. The van der Waals surface area contributed by atoms with Gasteiger partial charge >= 0.3 is 0 Å². The summed E-state index contributed by atoms with van der Waals surface area (Å²) in [6.07, 6.45) is 3.38. The highest BCUT2D eigenvalue weighted by Crippen LogP contribution is 2.30. The molecule has 114 valence electrons. The first-order valence-electron chi connectivity index (χ1n) is 7.81. The Bertz CT molecular complexity index is 517. The van der Waals surface area contributed by atoms with Crippen molar-refractivity contribution in [3.05, 3.63) is 35.4 Å². The van der Waals surface area contributed by atoms with Crippen LogP contribution in [0.5, 0.6) is 0 Å². The lowest BCUT2D eigenvalue weighted by Crippen LogP contribution is -2.35.